The molecule has 9 heteroatoms. The first kappa shape index (κ1) is 14.9. The van der Waals surface area contributed by atoms with E-state index in [4.69, 9.17) is 23.2 Å². The molecule has 1 aliphatic heterocycles. The van der Waals surface area contributed by atoms with Crippen LogP contribution in [0.5, 0.6) is 0 Å². The van der Waals surface area contributed by atoms with Gasteiger partial charge in [0, 0.05) is 31.6 Å². The van der Waals surface area contributed by atoms with E-state index in [9.17, 15) is 0 Å². The van der Waals surface area contributed by atoms with Crippen molar-refractivity contribution >= 4 is 56.6 Å². The number of anilines is 2. The zero-order chi connectivity index (χ0) is 15.8. The van der Waals surface area contributed by atoms with Crippen molar-refractivity contribution < 1.29 is 0 Å². The molecule has 1 saturated heterocycles. The molecule has 2 aromatic heterocycles. The van der Waals surface area contributed by atoms with Crippen LogP contribution < -0.4 is 9.80 Å². The van der Waals surface area contributed by atoms with Gasteiger partial charge in [0.25, 0.3) is 0 Å². The summed E-state index contributed by atoms with van der Waals surface area (Å²) in [6, 6.07) is 8.30. The second kappa shape index (κ2) is 6.07. The third-order valence-electron chi connectivity index (χ3n) is 3.79. The molecule has 118 valence electrons. The number of fused-ring (bicyclic) bond motifs is 1. The molecule has 0 N–H and O–H groups in total. The summed E-state index contributed by atoms with van der Waals surface area (Å²) in [5.74, 6) is 1.58. The predicted molar refractivity (Wildman–Crippen MR) is 93.9 cm³/mol. The highest BCUT2D eigenvalue weighted by atomic mass is 35.5. The molecule has 0 unspecified atom stereocenters. The number of hydrogen-bond donors (Lipinski definition) is 0. The van der Waals surface area contributed by atoms with Gasteiger partial charge in [-0.1, -0.05) is 12.1 Å². The Hall–Kier alpha value is -1.70. The van der Waals surface area contributed by atoms with Gasteiger partial charge in [-0.3, -0.25) is 0 Å². The molecule has 6 nitrogen and oxygen atoms in total. The molecule has 0 aliphatic carbocycles. The van der Waals surface area contributed by atoms with Crippen LogP contribution in [0.15, 0.2) is 24.3 Å². The van der Waals surface area contributed by atoms with Gasteiger partial charge in [0.05, 0.1) is 4.70 Å². The normalized spacial score (nSPS) is 15.4. The lowest BCUT2D eigenvalue weighted by Crippen LogP contribution is -2.47. The van der Waals surface area contributed by atoms with Crippen LogP contribution in [0.2, 0.25) is 10.6 Å². The minimum Gasteiger partial charge on any atom is -0.352 e. The van der Waals surface area contributed by atoms with Crippen molar-refractivity contribution in [3.63, 3.8) is 0 Å². The summed E-state index contributed by atoms with van der Waals surface area (Å²) in [4.78, 5) is 16.4. The first-order chi connectivity index (χ1) is 11.2. The molecule has 1 fully saturated rings. The Bertz CT molecular complexity index is 826. The Morgan fingerprint density at radius 3 is 2.26 bits per heavy atom. The average Bonchev–Trinajstić information content (AvgIpc) is 2.98. The largest absolute Gasteiger partial charge is 0.352 e. The van der Waals surface area contributed by atoms with Gasteiger partial charge in [0.15, 0.2) is 0 Å². The first-order valence-corrected chi connectivity index (χ1v) is 8.65. The van der Waals surface area contributed by atoms with Crippen LogP contribution in [-0.4, -0.2) is 45.5 Å². The van der Waals surface area contributed by atoms with Gasteiger partial charge in [0.2, 0.25) is 16.5 Å². The second-order valence-corrected chi connectivity index (χ2v) is 6.63. The van der Waals surface area contributed by atoms with Crippen molar-refractivity contribution in [2.75, 3.05) is 36.0 Å². The van der Waals surface area contributed by atoms with Gasteiger partial charge >= 0.3 is 0 Å². The average molecular weight is 367 g/mol. The van der Waals surface area contributed by atoms with Gasteiger partial charge in [-0.15, -0.1) is 0 Å². The predicted octanol–water partition coefficient (Wildman–Crippen LogP) is 3.11. The Labute approximate surface area is 146 Å². The maximum absolute atomic E-state index is 5.85. The van der Waals surface area contributed by atoms with E-state index in [2.05, 4.69) is 41.3 Å². The number of halogens is 2. The van der Waals surface area contributed by atoms with Crippen LogP contribution in [0.3, 0.4) is 0 Å². The molecule has 0 amide bonds. The molecular formula is C14H12Cl2N6S. The molecule has 0 spiro atoms. The fourth-order valence-corrected chi connectivity index (χ4v) is 3.83. The highest BCUT2D eigenvalue weighted by Crippen LogP contribution is 2.30. The highest BCUT2D eigenvalue weighted by molar-refractivity contribution is 7.13. The van der Waals surface area contributed by atoms with E-state index in [1.54, 1.807) is 0 Å². The molecule has 0 radical (unpaired) electrons. The lowest BCUT2D eigenvalue weighted by Gasteiger charge is -2.35. The molecule has 3 aromatic rings. The van der Waals surface area contributed by atoms with E-state index >= 15 is 0 Å². The standard InChI is InChI=1S/C14H12Cl2N6S/c15-12-17-13(16)19-14(18-12)22-7-5-21(6-8-22)11-9-3-1-2-4-10(9)23-20-11/h1-4H,5-8H2. The number of nitrogens with zero attached hydrogens (tertiary/aromatic N) is 6. The second-order valence-electron chi connectivity index (χ2n) is 5.15. The smallest absolute Gasteiger partial charge is 0.231 e. The lowest BCUT2D eigenvalue weighted by molar-refractivity contribution is 0.636. The third-order valence-corrected chi connectivity index (χ3v) is 4.94. The topological polar surface area (TPSA) is 58.0 Å². The summed E-state index contributed by atoms with van der Waals surface area (Å²) in [6.45, 7) is 3.24. The van der Waals surface area contributed by atoms with Crippen molar-refractivity contribution in [2.45, 2.75) is 0 Å². The molecule has 1 aliphatic rings. The van der Waals surface area contributed by atoms with E-state index in [1.165, 1.54) is 21.6 Å². The molecule has 1 aromatic carbocycles. The fourth-order valence-electron chi connectivity index (χ4n) is 2.68. The molecule has 0 atom stereocenters. The maximum Gasteiger partial charge on any atom is 0.231 e. The lowest BCUT2D eigenvalue weighted by atomic mass is 10.2. The van der Waals surface area contributed by atoms with E-state index < -0.39 is 0 Å². The summed E-state index contributed by atoms with van der Waals surface area (Å²) in [5, 5.41) is 1.44. The molecule has 3 heterocycles. The zero-order valence-electron chi connectivity index (χ0n) is 12.0. The summed E-state index contributed by atoms with van der Waals surface area (Å²) in [7, 11) is 0. The van der Waals surface area contributed by atoms with Crippen LogP contribution >= 0.6 is 34.7 Å². The van der Waals surface area contributed by atoms with Gasteiger partial charge in [-0.2, -0.15) is 19.3 Å². The van der Waals surface area contributed by atoms with Crippen LogP contribution in [0, 0.1) is 0 Å². The van der Waals surface area contributed by atoms with Crippen molar-refractivity contribution in [2.24, 2.45) is 0 Å². The van der Waals surface area contributed by atoms with E-state index in [-0.39, 0.29) is 10.6 Å². The van der Waals surface area contributed by atoms with Gasteiger partial charge < -0.3 is 9.80 Å². The molecule has 23 heavy (non-hydrogen) atoms. The number of aromatic nitrogens is 4. The fraction of sp³-hybridized carbons (Fsp3) is 0.286. The van der Waals surface area contributed by atoms with Crippen molar-refractivity contribution in [3.05, 3.63) is 34.8 Å². The summed E-state index contributed by atoms with van der Waals surface area (Å²) in [5.41, 5.74) is 0. The van der Waals surface area contributed by atoms with Crippen molar-refractivity contribution in [1.29, 1.82) is 0 Å². The van der Waals surface area contributed by atoms with Crippen LogP contribution in [0.1, 0.15) is 0 Å². The van der Waals surface area contributed by atoms with E-state index in [0.29, 0.717) is 5.95 Å². The number of hydrogen-bond acceptors (Lipinski definition) is 7. The Balaban J connectivity index is 1.53. The van der Waals surface area contributed by atoms with Crippen LogP contribution in [0.4, 0.5) is 11.8 Å². The van der Waals surface area contributed by atoms with Crippen molar-refractivity contribution in [1.82, 2.24) is 19.3 Å². The van der Waals surface area contributed by atoms with E-state index in [1.807, 2.05) is 12.1 Å². The number of piperazine rings is 1. The molecule has 0 saturated carbocycles. The molecule has 4 rings (SSSR count). The highest BCUT2D eigenvalue weighted by Gasteiger charge is 2.22. The molecule has 0 bridgehead atoms. The first-order valence-electron chi connectivity index (χ1n) is 7.12. The SMILES string of the molecule is Clc1nc(Cl)nc(N2CCN(c3nsc4ccccc34)CC2)n1. The zero-order valence-corrected chi connectivity index (χ0v) is 14.3. The number of rotatable bonds is 2. The molecular weight excluding hydrogens is 355 g/mol. The van der Waals surface area contributed by atoms with Crippen molar-refractivity contribution in [3.8, 4) is 0 Å². The van der Waals surface area contributed by atoms with Crippen LogP contribution in [-0.2, 0) is 0 Å². The van der Waals surface area contributed by atoms with Gasteiger partial charge in [0.1, 0.15) is 5.82 Å². The minimum atomic E-state index is 0.118. The Kier molecular flexibility index (Phi) is 3.92. The third kappa shape index (κ3) is 2.91. The maximum atomic E-state index is 5.85. The summed E-state index contributed by atoms with van der Waals surface area (Å²) < 4.78 is 5.82. The Morgan fingerprint density at radius 2 is 1.52 bits per heavy atom. The quantitative estimate of drug-likeness (QED) is 0.694. The van der Waals surface area contributed by atoms with Gasteiger partial charge in [-0.25, -0.2) is 0 Å². The van der Waals surface area contributed by atoms with Gasteiger partial charge in [-0.05, 0) is 46.9 Å². The number of benzene rings is 1. The van der Waals surface area contributed by atoms with E-state index in [0.717, 1.165) is 32.0 Å². The summed E-state index contributed by atoms with van der Waals surface area (Å²) in [6.07, 6.45) is 0. The monoisotopic (exact) mass is 366 g/mol. The Morgan fingerprint density at radius 1 is 0.870 bits per heavy atom. The minimum absolute atomic E-state index is 0.118. The summed E-state index contributed by atoms with van der Waals surface area (Å²) >= 11 is 13.2. The van der Waals surface area contributed by atoms with Crippen LogP contribution in [0.25, 0.3) is 10.1 Å².